The average molecular weight is 294 g/mol. The Morgan fingerprint density at radius 2 is 2.27 bits per heavy atom. The van der Waals surface area contributed by atoms with E-state index in [9.17, 15) is 4.79 Å². The molecule has 0 saturated carbocycles. The number of hydrogen-bond acceptors (Lipinski definition) is 5. The summed E-state index contributed by atoms with van der Waals surface area (Å²) in [5.74, 6) is 0.717. The van der Waals surface area contributed by atoms with Crippen molar-refractivity contribution in [1.29, 1.82) is 0 Å². The summed E-state index contributed by atoms with van der Waals surface area (Å²) in [7, 11) is 0. The maximum Gasteiger partial charge on any atom is 0.251 e. The van der Waals surface area contributed by atoms with Crippen LogP contribution in [0.3, 0.4) is 0 Å². The molecular weight excluding hydrogens is 280 g/mol. The number of nitrogens with two attached hydrogens (primary N) is 1. The molecule has 0 bridgehead atoms. The van der Waals surface area contributed by atoms with E-state index >= 15 is 0 Å². The zero-order valence-electron chi connectivity index (χ0n) is 11.8. The minimum Gasteiger partial charge on any atom is -0.463 e. The monoisotopic (exact) mass is 294 g/mol. The van der Waals surface area contributed by atoms with Gasteiger partial charge in [0, 0.05) is 30.6 Å². The van der Waals surface area contributed by atoms with Gasteiger partial charge >= 0.3 is 0 Å². The van der Waals surface area contributed by atoms with E-state index in [1.54, 1.807) is 41.4 Å². The number of hydrogen-bond donors (Lipinski definition) is 1. The topological polar surface area (TPSA) is 86.9 Å². The highest BCUT2D eigenvalue weighted by Gasteiger charge is 2.13. The van der Waals surface area contributed by atoms with Gasteiger partial charge in [0.1, 0.15) is 5.69 Å². The van der Waals surface area contributed by atoms with Gasteiger partial charge in [0.05, 0.1) is 6.26 Å². The SMILES string of the molecule is C=CCn1ccc(-c2cnc(N)nc2-c2ccco2)cc1=O. The Hall–Kier alpha value is -3.15. The highest BCUT2D eigenvalue weighted by Crippen LogP contribution is 2.29. The van der Waals surface area contributed by atoms with Crippen LogP contribution in [-0.4, -0.2) is 14.5 Å². The van der Waals surface area contributed by atoms with Crippen molar-refractivity contribution in [2.75, 3.05) is 5.73 Å². The predicted octanol–water partition coefficient (Wildman–Crippen LogP) is 2.33. The Morgan fingerprint density at radius 3 is 2.95 bits per heavy atom. The quantitative estimate of drug-likeness (QED) is 0.746. The molecule has 0 aromatic carbocycles. The van der Waals surface area contributed by atoms with Crippen LogP contribution in [0.15, 0.2) is 64.8 Å². The first-order valence-corrected chi connectivity index (χ1v) is 6.67. The lowest BCUT2D eigenvalue weighted by Gasteiger charge is -2.08. The maximum atomic E-state index is 12.1. The molecule has 0 aliphatic heterocycles. The lowest BCUT2D eigenvalue weighted by Crippen LogP contribution is -2.17. The van der Waals surface area contributed by atoms with Crippen molar-refractivity contribution in [2.24, 2.45) is 0 Å². The standard InChI is InChI=1S/C16H14N4O2/c1-2-6-20-7-5-11(9-14(20)21)12-10-18-16(17)19-15(12)13-4-3-8-22-13/h2-5,7-10H,1,6H2,(H2,17,18,19). The van der Waals surface area contributed by atoms with Crippen LogP contribution in [0.25, 0.3) is 22.6 Å². The van der Waals surface area contributed by atoms with Crippen LogP contribution in [0.4, 0.5) is 5.95 Å². The van der Waals surface area contributed by atoms with Gasteiger partial charge in [0.25, 0.3) is 5.56 Å². The Balaban J connectivity index is 2.15. The molecule has 3 aromatic heterocycles. The molecule has 0 spiro atoms. The van der Waals surface area contributed by atoms with Crippen molar-refractivity contribution in [3.63, 3.8) is 0 Å². The van der Waals surface area contributed by atoms with E-state index in [2.05, 4.69) is 16.5 Å². The van der Waals surface area contributed by atoms with Crippen molar-refractivity contribution in [1.82, 2.24) is 14.5 Å². The van der Waals surface area contributed by atoms with Crippen molar-refractivity contribution in [3.05, 3.63) is 65.9 Å². The van der Waals surface area contributed by atoms with Gasteiger partial charge in [-0.05, 0) is 23.8 Å². The Bertz CT molecular complexity index is 866. The van der Waals surface area contributed by atoms with Crippen molar-refractivity contribution < 1.29 is 4.42 Å². The Labute approximate surface area is 126 Å². The van der Waals surface area contributed by atoms with Crippen molar-refractivity contribution >= 4 is 5.95 Å². The zero-order chi connectivity index (χ0) is 15.5. The number of aromatic nitrogens is 3. The van der Waals surface area contributed by atoms with Gasteiger partial charge in [-0.1, -0.05) is 6.08 Å². The molecule has 3 heterocycles. The molecule has 0 aliphatic rings. The first-order chi connectivity index (χ1) is 10.7. The molecule has 2 N–H and O–H groups in total. The third kappa shape index (κ3) is 2.54. The van der Waals surface area contributed by atoms with Crippen molar-refractivity contribution in [3.8, 4) is 22.6 Å². The molecule has 0 amide bonds. The number of allylic oxidation sites excluding steroid dienone is 1. The minimum absolute atomic E-state index is 0.125. The average Bonchev–Trinajstić information content (AvgIpc) is 3.04. The zero-order valence-corrected chi connectivity index (χ0v) is 11.8. The van der Waals surface area contributed by atoms with E-state index in [1.165, 1.54) is 6.07 Å². The molecule has 0 saturated heterocycles. The Kier molecular flexibility index (Phi) is 3.57. The largest absolute Gasteiger partial charge is 0.463 e. The summed E-state index contributed by atoms with van der Waals surface area (Å²) in [5, 5.41) is 0. The van der Waals surface area contributed by atoms with Crippen LogP contribution in [0.1, 0.15) is 0 Å². The highest BCUT2D eigenvalue weighted by molar-refractivity contribution is 5.78. The molecule has 110 valence electrons. The molecule has 3 rings (SSSR count). The van der Waals surface area contributed by atoms with E-state index < -0.39 is 0 Å². The summed E-state index contributed by atoms with van der Waals surface area (Å²) in [6, 6.07) is 6.90. The second-order valence-corrected chi connectivity index (χ2v) is 4.66. The van der Waals surface area contributed by atoms with Crippen LogP contribution in [0, 0.1) is 0 Å². The summed E-state index contributed by atoms with van der Waals surface area (Å²) >= 11 is 0. The molecule has 0 aliphatic carbocycles. The number of nitrogen functional groups attached to an aromatic ring is 1. The van der Waals surface area contributed by atoms with E-state index in [1.807, 2.05) is 6.07 Å². The fourth-order valence-corrected chi connectivity index (χ4v) is 2.17. The number of furan rings is 1. The molecule has 0 atom stereocenters. The fraction of sp³-hybridized carbons (Fsp3) is 0.0625. The second-order valence-electron chi connectivity index (χ2n) is 4.66. The maximum absolute atomic E-state index is 12.1. The van der Waals surface area contributed by atoms with E-state index in [-0.39, 0.29) is 11.5 Å². The third-order valence-corrected chi connectivity index (χ3v) is 3.19. The molecule has 22 heavy (non-hydrogen) atoms. The molecule has 0 unspecified atom stereocenters. The Morgan fingerprint density at radius 1 is 1.41 bits per heavy atom. The van der Waals surface area contributed by atoms with Gasteiger partial charge in [-0.25, -0.2) is 9.97 Å². The van der Waals surface area contributed by atoms with Gasteiger partial charge in [-0.15, -0.1) is 6.58 Å². The van der Waals surface area contributed by atoms with Crippen LogP contribution in [0.5, 0.6) is 0 Å². The number of rotatable bonds is 4. The van der Waals surface area contributed by atoms with Crippen LogP contribution < -0.4 is 11.3 Å². The van der Waals surface area contributed by atoms with Gasteiger partial charge in [0.2, 0.25) is 5.95 Å². The van der Waals surface area contributed by atoms with Gasteiger partial charge < -0.3 is 14.7 Å². The van der Waals surface area contributed by atoms with E-state index in [0.29, 0.717) is 29.1 Å². The van der Waals surface area contributed by atoms with E-state index in [4.69, 9.17) is 10.2 Å². The molecule has 0 fully saturated rings. The number of anilines is 1. The predicted molar refractivity (Wildman–Crippen MR) is 84.0 cm³/mol. The molecule has 6 heteroatoms. The summed E-state index contributed by atoms with van der Waals surface area (Å²) in [6.45, 7) is 4.09. The van der Waals surface area contributed by atoms with Gasteiger partial charge in [-0.3, -0.25) is 4.79 Å². The first kappa shape index (κ1) is 13.8. The lowest BCUT2D eigenvalue weighted by atomic mass is 10.1. The first-order valence-electron chi connectivity index (χ1n) is 6.67. The molecular formula is C16H14N4O2. The normalized spacial score (nSPS) is 10.5. The second kappa shape index (κ2) is 5.69. The van der Waals surface area contributed by atoms with E-state index in [0.717, 1.165) is 0 Å². The van der Waals surface area contributed by atoms with Crippen LogP contribution in [0.2, 0.25) is 0 Å². The number of pyridine rings is 1. The number of nitrogens with zero attached hydrogens (tertiary/aromatic N) is 3. The molecule has 6 nitrogen and oxygen atoms in total. The fourth-order valence-electron chi connectivity index (χ4n) is 2.17. The van der Waals surface area contributed by atoms with Crippen LogP contribution in [-0.2, 0) is 6.54 Å². The summed E-state index contributed by atoms with van der Waals surface area (Å²) in [4.78, 5) is 20.3. The smallest absolute Gasteiger partial charge is 0.251 e. The molecule has 3 aromatic rings. The van der Waals surface area contributed by atoms with Gasteiger partial charge in [0.15, 0.2) is 5.76 Å². The van der Waals surface area contributed by atoms with Crippen LogP contribution >= 0.6 is 0 Å². The molecule has 0 radical (unpaired) electrons. The lowest BCUT2D eigenvalue weighted by molar-refractivity contribution is 0.580. The van der Waals surface area contributed by atoms with Gasteiger partial charge in [-0.2, -0.15) is 0 Å². The summed E-state index contributed by atoms with van der Waals surface area (Å²) < 4.78 is 6.94. The highest BCUT2D eigenvalue weighted by atomic mass is 16.3. The summed E-state index contributed by atoms with van der Waals surface area (Å²) in [5.41, 5.74) is 7.49. The van der Waals surface area contributed by atoms with Crippen molar-refractivity contribution in [2.45, 2.75) is 6.54 Å². The summed E-state index contributed by atoms with van der Waals surface area (Å²) in [6.07, 6.45) is 6.52. The third-order valence-electron chi connectivity index (χ3n) is 3.19. The minimum atomic E-state index is -0.125.